The van der Waals surface area contributed by atoms with Crippen LogP contribution in [0, 0.1) is 0 Å². The molecule has 0 aromatic heterocycles. The number of rotatable bonds is 0. The Hall–Kier alpha value is 1.52. The van der Waals surface area contributed by atoms with Gasteiger partial charge in [-0.2, -0.15) is 0 Å². The molecule has 0 amide bonds. The van der Waals surface area contributed by atoms with Crippen molar-refractivity contribution < 1.29 is 2.82 Å². The predicted molar refractivity (Wildman–Crippen MR) is 92.5 cm³/mol. The van der Waals surface area contributed by atoms with E-state index in [4.69, 9.17) is 2.82 Å². The van der Waals surface area contributed by atoms with Gasteiger partial charge in [0.15, 0.2) is 0 Å². The summed E-state index contributed by atoms with van der Waals surface area (Å²) in [7, 11) is 0. The van der Waals surface area contributed by atoms with Crippen molar-refractivity contribution in [2.45, 2.75) is 96.8 Å². The van der Waals surface area contributed by atoms with Crippen LogP contribution in [-0.4, -0.2) is 38.4 Å². The van der Waals surface area contributed by atoms with E-state index >= 15 is 0 Å². The molecule has 0 spiro atoms. The molecule has 1 saturated heterocycles. The molecule has 0 aliphatic carbocycles. The van der Waals surface area contributed by atoms with Crippen LogP contribution in [0.15, 0.2) is 0 Å². The molecule has 0 saturated carbocycles. The summed E-state index contributed by atoms with van der Waals surface area (Å²) in [5, 5.41) is 0. The SMILES string of the molecule is C[C](C)(C)[Sn]1([C](C)(C)C)[O][Sn]([C](C)(C)C)([C](C)(C)C)[O]1. The first-order valence-electron chi connectivity index (χ1n) is 7.82. The molecule has 1 aliphatic heterocycles. The van der Waals surface area contributed by atoms with Crippen LogP contribution in [0.2, 0.25) is 13.7 Å². The van der Waals surface area contributed by atoms with E-state index in [2.05, 4.69) is 83.1 Å². The third-order valence-electron chi connectivity index (χ3n) is 4.52. The molecule has 0 unspecified atom stereocenters. The fourth-order valence-corrected chi connectivity index (χ4v) is 88.8. The van der Waals surface area contributed by atoms with Gasteiger partial charge >= 0.3 is 138 Å². The molecule has 4 heteroatoms. The second-order valence-corrected chi connectivity index (χ2v) is 43.6. The van der Waals surface area contributed by atoms with Crippen LogP contribution >= 0.6 is 0 Å². The van der Waals surface area contributed by atoms with Gasteiger partial charge in [0.25, 0.3) is 0 Å². The Morgan fingerprint density at radius 3 is 0.650 bits per heavy atom. The molecule has 1 aliphatic rings. The van der Waals surface area contributed by atoms with Crippen LogP contribution < -0.4 is 0 Å². The van der Waals surface area contributed by atoms with Gasteiger partial charge in [-0.15, -0.1) is 0 Å². The Balaban J connectivity index is 3.33. The van der Waals surface area contributed by atoms with Gasteiger partial charge in [0.2, 0.25) is 0 Å². The summed E-state index contributed by atoms with van der Waals surface area (Å²) in [6, 6.07) is 0. The Labute approximate surface area is 137 Å². The van der Waals surface area contributed by atoms with Crippen LogP contribution in [0.1, 0.15) is 83.1 Å². The van der Waals surface area contributed by atoms with Crippen molar-refractivity contribution in [2.75, 3.05) is 0 Å². The fourth-order valence-electron chi connectivity index (χ4n) is 3.89. The van der Waals surface area contributed by atoms with E-state index in [1.165, 1.54) is 0 Å². The zero-order valence-electron chi connectivity index (χ0n) is 15.8. The molecule has 0 bridgehead atoms. The Bertz CT molecular complexity index is 301. The van der Waals surface area contributed by atoms with Gasteiger partial charge in [0, 0.05) is 0 Å². The molecule has 1 rings (SSSR count). The molecule has 120 valence electrons. The summed E-state index contributed by atoms with van der Waals surface area (Å²) < 4.78 is 15.1. The summed E-state index contributed by atoms with van der Waals surface area (Å²) in [4.78, 5) is 0. The van der Waals surface area contributed by atoms with E-state index in [0.717, 1.165) is 0 Å². The van der Waals surface area contributed by atoms with Gasteiger partial charge in [-0.25, -0.2) is 0 Å². The molecule has 1 fully saturated rings. The number of hydrogen-bond acceptors (Lipinski definition) is 2. The summed E-state index contributed by atoms with van der Waals surface area (Å²) in [5.74, 6) is 0. The quantitative estimate of drug-likeness (QED) is 0.376. The van der Waals surface area contributed by atoms with Crippen molar-refractivity contribution in [2.24, 2.45) is 0 Å². The van der Waals surface area contributed by atoms with E-state index in [9.17, 15) is 0 Å². The van der Waals surface area contributed by atoms with Gasteiger partial charge in [0.05, 0.1) is 0 Å². The van der Waals surface area contributed by atoms with Gasteiger partial charge in [-0.1, -0.05) is 0 Å². The summed E-state index contributed by atoms with van der Waals surface area (Å²) in [5.41, 5.74) is 0. The van der Waals surface area contributed by atoms with E-state index < -0.39 is 38.4 Å². The van der Waals surface area contributed by atoms with E-state index in [0.29, 0.717) is 0 Å². The van der Waals surface area contributed by atoms with Crippen molar-refractivity contribution >= 4 is 38.4 Å². The van der Waals surface area contributed by atoms with E-state index in [1.54, 1.807) is 0 Å². The van der Waals surface area contributed by atoms with Crippen LogP contribution in [0.3, 0.4) is 0 Å². The molecular weight excluding hydrogens is 462 g/mol. The Kier molecular flexibility index (Phi) is 4.90. The van der Waals surface area contributed by atoms with Gasteiger partial charge in [-0.3, -0.25) is 0 Å². The molecule has 0 aromatic carbocycles. The number of hydrogen-bond donors (Lipinski definition) is 0. The topological polar surface area (TPSA) is 18.5 Å². The summed E-state index contributed by atoms with van der Waals surface area (Å²) >= 11 is -6.20. The maximum atomic E-state index is 7.17. The van der Waals surface area contributed by atoms with Crippen LogP contribution in [0.4, 0.5) is 0 Å². The summed E-state index contributed by atoms with van der Waals surface area (Å²) in [6.45, 7) is 27.9. The van der Waals surface area contributed by atoms with Crippen molar-refractivity contribution in [1.29, 1.82) is 0 Å². The molecular formula is C16H36O2Sn2. The van der Waals surface area contributed by atoms with Gasteiger partial charge < -0.3 is 0 Å². The van der Waals surface area contributed by atoms with Crippen LogP contribution in [0.5, 0.6) is 0 Å². The molecule has 2 nitrogen and oxygen atoms in total. The zero-order chi connectivity index (χ0) is 16.4. The third-order valence-corrected chi connectivity index (χ3v) is 52.4. The molecule has 20 heavy (non-hydrogen) atoms. The van der Waals surface area contributed by atoms with Crippen LogP contribution in [0.25, 0.3) is 0 Å². The second kappa shape index (κ2) is 5.00. The first-order chi connectivity index (χ1) is 8.41. The van der Waals surface area contributed by atoms with Crippen molar-refractivity contribution in [3.05, 3.63) is 0 Å². The minimum absolute atomic E-state index is 0.184. The second-order valence-electron chi connectivity index (χ2n) is 10.4. The average Bonchev–Trinajstić information content (AvgIpc) is 1.87. The van der Waals surface area contributed by atoms with Crippen molar-refractivity contribution in [3.8, 4) is 0 Å². The first-order valence-corrected chi connectivity index (χ1v) is 18.2. The third kappa shape index (κ3) is 2.73. The van der Waals surface area contributed by atoms with E-state index in [-0.39, 0.29) is 13.7 Å². The van der Waals surface area contributed by atoms with Crippen molar-refractivity contribution in [3.63, 3.8) is 0 Å². The Morgan fingerprint density at radius 2 is 0.550 bits per heavy atom. The van der Waals surface area contributed by atoms with E-state index in [1.807, 2.05) is 0 Å². The predicted octanol–water partition coefficient (Wildman–Crippen LogP) is 6.12. The fraction of sp³-hybridized carbons (Fsp3) is 1.00. The van der Waals surface area contributed by atoms with Crippen LogP contribution in [-0.2, 0) is 2.82 Å². The molecule has 0 aromatic rings. The molecule has 0 atom stereocenters. The van der Waals surface area contributed by atoms with Gasteiger partial charge in [-0.05, 0) is 0 Å². The Morgan fingerprint density at radius 1 is 0.400 bits per heavy atom. The molecule has 0 N–H and O–H groups in total. The first kappa shape index (κ1) is 19.6. The molecule has 1 heterocycles. The molecule has 0 radical (unpaired) electrons. The average molecular weight is 498 g/mol. The summed E-state index contributed by atoms with van der Waals surface area (Å²) in [6.07, 6.45) is 0. The normalized spacial score (nSPS) is 23.4. The monoisotopic (exact) mass is 500 g/mol. The maximum absolute atomic E-state index is 7.17. The standard InChI is InChI=1S/4C4H9.2O.2Sn/c4*1-4(2)3;;;;/h4*1-3H3;;;;. The van der Waals surface area contributed by atoms with Crippen molar-refractivity contribution in [1.82, 2.24) is 0 Å². The minimum atomic E-state index is -3.10. The van der Waals surface area contributed by atoms with Gasteiger partial charge in [0.1, 0.15) is 0 Å². The zero-order valence-corrected chi connectivity index (χ0v) is 21.5.